The van der Waals surface area contributed by atoms with Gasteiger partial charge in [0, 0.05) is 5.92 Å². The molecule has 0 aliphatic carbocycles. The smallest absolute Gasteiger partial charge is 0.161 e. The standard InChI is InChI=1S/C20H25F2NO2/c1-3-9-25-19-8-5-14(11-20(19)24-4-2)10-16(13-23)15-6-7-17(21)18(22)12-15/h5-8,11-12,16H,3-4,9-10,13,23H2,1-2H3. The zero-order valence-electron chi connectivity index (χ0n) is 14.7. The van der Waals surface area contributed by atoms with Gasteiger partial charge in [-0.3, -0.25) is 0 Å². The highest BCUT2D eigenvalue weighted by Gasteiger charge is 2.15. The molecular weight excluding hydrogens is 324 g/mol. The molecule has 5 heteroatoms. The third kappa shape index (κ3) is 5.16. The lowest BCUT2D eigenvalue weighted by molar-refractivity contribution is 0.276. The fraction of sp³-hybridized carbons (Fsp3) is 0.400. The third-order valence-corrected chi connectivity index (χ3v) is 3.95. The highest BCUT2D eigenvalue weighted by atomic mass is 19.2. The highest BCUT2D eigenvalue weighted by molar-refractivity contribution is 5.43. The zero-order chi connectivity index (χ0) is 18.2. The van der Waals surface area contributed by atoms with Crippen LogP contribution in [0.4, 0.5) is 8.78 Å². The molecule has 0 fully saturated rings. The van der Waals surface area contributed by atoms with Crippen LogP contribution in [0.25, 0.3) is 0 Å². The number of hydrogen-bond acceptors (Lipinski definition) is 3. The molecule has 0 bridgehead atoms. The summed E-state index contributed by atoms with van der Waals surface area (Å²) in [4.78, 5) is 0. The van der Waals surface area contributed by atoms with E-state index in [0.717, 1.165) is 18.1 Å². The molecule has 2 N–H and O–H groups in total. The van der Waals surface area contributed by atoms with Crippen molar-refractivity contribution in [1.29, 1.82) is 0 Å². The molecule has 2 aromatic carbocycles. The van der Waals surface area contributed by atoms with Crippen molar-refractivity contribution in [2.24, 2.45) is 5.73 Å². The monoisotopic (exact) mass is 349 g/mol. The first-order valence-corrected chi connectivity index (χ1v) is 8.62. The van der Waals surface area contributed by atoms with Crippen molar-refractivity contribution in [3.05, 3.63) is 59.2 Å². The van der Waals surface area contributed by atoms with Crippen molar-refractivity contribution in [3.63, 3.8) is 0 Å². The topological polar surface area (TPSA) is 44.5 Å². The van der Waals surface area contributed by atoms with Gasteiger partial charge in [-0.2, -0.15) is 0 Å². The first-order valence-electron chi connectivity index (χ1n) is 8.62. The van der Waals surface area contributed by atoms with E-state index < -0.39 is 11.6 Å². The van der Waals surface area contributed by atoms with Crippen LogP contribution in [0, 0.1) is 11.6 Å². The summed E-state index contributed by atoms with van der Waals surface area (Å²) in [6, 6.07) is 9.70. The molecule has 0 aliphatic rings. The molecule has 1 unspecified atom stereocenters. The maximum atomic E-state index is 13.5. The van der Waals surface area contributed by atoms with E-state index in [0.29, 0.717) is 43.2 Å². The van der Waals surface area contributed by atoms with Gasteiger partial charge in [-0.1, -0.05) is 19.1 Å². The number of ether oxygens (including phenoxy) is 2. The Labute approximate surface area is 147 Å². The fourth-order valence-corrected chi connectivity index (χ4v) is 2.67. The van der Waals surface area contributed by atoms with Crippen LogP contribution in [0.3, 0.4) is 0 Å². The Morgan fingerprint density at radius 1 is 0.960 bits per heavy atom. The van der Waals surface area contributed by atoms with Crippen LogP contribution in [0.15, 0.2) is 36.4 Å². The van der Waals surface area contributed by atoms with Gasteiger partial charge < -0.3 is 15.2 Å². The Morgan fingerprint density at radius 2 is 1.76 bits per heavy atom. The molecule has 2 aromatic rings. The van der Waals surface area contributed by atoms with Crippen LogP contribution in [0.5, 0.6) is 11.5 Å². The van der Waals surface area contributed by atoms with Crippen molar-refractivity contribution in [3.8, 4) is 11.5 Å². The van der Waals surface area contributed by atoms with Gasteiger partial charge in [0.05, 0.1) is 13.2 Å². The predicted octanol–water partition coefficient (Wildman–Crippen LogP) is 4.44. The summed E-state index contributed by atoms with van der Waals surface area (Å²) in [6.45, 7) is 5.46. The Hall–Kier alpha value is -2.14. The van der Waals surface area contributed by atoms with E-state index in [2.05, 4.69) is 0 Å². The summed E-state index contributed by atoms with van der Waals surface area (Å²) in [7, 11) is 0. The van der Waals surface area contributed by atoms with Gasteiger partial charge in [0.15, 0.2) is 23.1 Å². The molecule has 0 aliphatic heterocycles. The van der Waals surface area contributed by atoms with E-state index in [4.69, 9.17) is 15.2 Å². The third-order valence-electron chi connectivity index (χ3n) is 3.95. The molecule has 0 aromatic heterocycles. The summed E-state index contributed by atoms with van der Waals surface area (Å²) in [5.74, 6) is -0.407. The van der Waals surface area contributed by atoms with Gasteiger partial charge in [-0.25, -0.2) is 8.78 Å². The first kappa shape index (κ1) is 19.2. The number of benzene rings is 2. The molecule has 2 rings (SSSR count). The Balaban J connectivity index is 2.21. The minimum Gasteiger partial charge on any atom is -0.490 e. The van der Waals surface area contributed by atoms with Gasteiger partial charge in [-0.05, 0) is 61.7 Å². The van der Waals surface area contributed by atoms with Crippen molar-refractivity contribution < 1.29 is 18.3 Å². The molecule has 1 atom stereocenters. The molecule has 25 heavy (non-hydrogen) atoms. The fourth-order valence-electron chi connectivity index (χ4n) is 2.67. The minimum absolute atomic E-state index is 0.105. The second-order valence-electron chi connectivity index (χ2n) is 5.87. The maximum absolute atomic E-state index is 13.5. The van der Waals surface area contributed by atoms with Gasteiger partial charge in [0.2, 0.25) is 0 Å². The van der Waals surface area contributed by atoms with Gasteiger partial charge >= 0.3 is 0 Å². The van der Waals surface area contributed by atoms with Crippen LogP contribution in [-0.2, 0) is 6.42 Å². The Bertz CT molecular complexity index is 691. The summed E-state index contributed by atoms with van der Waals surface area (Å²) in [5, 5.41) is 0. The average molecular weight is 349 g/mol. The molecule has 0 heterocycles. The molecule has 136 valence electrons. The average Bonchev–Trinajstić information content (AvgIpc) is 2.61. The predicted molar refractivity (Wildman–Crippen MR) is 95.3 cm³/mol. The van der Waals surface area contributed by atoms with Crippen LogP contribution in [0.1, 0.15) is 37.3 Å². The van der Waals surface area contributed by atoms with Crippen molar-refractivity contribution in [2.75, 3.05) is 19.8 Å². The summed E-state index contributed by atoms with van der Waals surface area (Å²) >= 11 is 0. The van der Waals surface area contributed by atoms with Crippen LogP contribution in [0.2, 0.25) is 0 Å². The molecule has 0 radical (unpaired) electrons. The van der Waals surface area contributed by atoms with Gasteiger partial charge in [-0.15, -0.1) is 0 Å². The first-order chi connectivity index (χ1) is 12.1. The van der Waals surface area contributed by atoms with E-state index in [1.165, 1.54) is 6.07 Å². The Morgan fingerprint density at radius 3 is 2.40 bits per heavy atom. The summed E-state index contributed by atoms with van der Waals surface area (Å²) in [5.41, 5.74) is 7.55. The molecule has 3 nitrogen and oxygen atoms in total. The van der Waals surface area contributed by atoms with Crippen molar-refractivity contribution in [2.45, 2.75) is 32.6 Å². The summed E-state index contributed by atoms with van der Waals surface area (Å²) in [6.07, 6.45) is 1.52. The summed E-state index contributed by atoms with van der Waals surface area (Å²) < 4.78 is 38.0. The van der Waals surface area contributed by atoms with E-state index in [1.54, 1.807) is 6.07 Å². The quantitative estimate of drug-likeness (QED) is 0.728. The van der Waals surface area contributed by atoms with Crippen LogP contribution >= 0.6 is 0 Å². The number of hydrogen-bond donors (Lipinski definition) is 1. The van der Waals surface area contributed by atoms with Crippen LogP contribution < -0.4 is 15.2 Å². The highest BCUT2D eigenvalue weighted by Crippen LogP contribution is 2.31. The van der Waals surface area contributed by atoms with E-state index in [-0.39, 0.29) is 5.92 Å². The van der Waals surface area contributed by atoms with Crippen molar-refractivity contribution >= 4 is 0 Å². The largest absolute Gasteiger partial charge is 0.490 e. The van der Waals surface area contributed by atoms with E-state index >= 15 is 0 Å². The Kier molecular flexibility index (Phi) is 7.19. The SMILES string of the molecule is CCCOc1ccc(CC(CN)c2ccc(F)c(F)c2)cc1OCC. The van der Waals surface area contributed by atoms with Gasteiger partial charge in [0.1, 0.15) is 0 Å². The lowest BCUT2D eigenvalue weighted by Crippen LogP contribution is -2.15. The number of rotatable bonds is 9. The normalized spacial score (nSPS) is 12.0. The molecule has 0 amide bonds. The lowest BCUT2D eigenvalue weighted by Gasteiger charge is -2.18. The molecule has 0 saturated heterocycles. The van der Waals surface area contributed by atoms with E-state index in [9.17, 15) is 8.78 Å². The van der Waals surface area contributed by atoms with E-state index in [1.807, 2.05) is 32.0 Å². The number of halogens is 2. The van der Waals surface area contributed by atoms with Crippen LogP contribution in [-0.4, -0.2) is 19.8 Å². The van der Waals surface area contributed by atoms with Gasteiger partial charge in [0.25, 0.3) is 0 Å². The molecule has 0 saturated carbocycles. The second kappa shape index (κ2) is 9.37. The molecule has 0 spiro atoms. The zero-order valence-corrected chi connectivity index (χ0v) is 14.7. The minimum atomic E-state index is -0.853. The number of nitrogens with two attached hydrogens (primary N) is 1. The second-order valence-corrected chi connectivity index (χ2v) is 5.87. The maximum Gasteiger partial charge on any atom is 0.161 e. The molecular formula is C20H25F2NO2. The van der Waals surface area contributed by atoms with Crippen molar-refractivity contribution in [1.82, 2.24) is 0 Å². The lowest BCUT2D eigenvalue weighted by atomic mass is 9.92.